The number of hydrogen-bond acceptors (Lipinski definition) is 5. The number of esters is 1. The van der Waals surface area contributed by atoms with Crippen LogP contribution >= 0.6 is 11.6 Å². The number of aryl methyl sites for hydroxylation is 1. The van der Waals surface area contributed by atoms with Crippen LogP contribution in [-0.4, -0.2) is 59.1 Å². The van der Waals surface area contributed by atoms with E-state index in [1.54, 1.807) is 11.1 Å². The monoisotopic (exact) mass is 494 g/mol. The molecule has 34 heavy (non-hydrogen) atoms. The van der Waals surface area contributed by atoms with Crippen LogP contribution < -0.4 is 4.90 Å². The molecular weight excluding hydrogens is 473 g/mol. The zero-order chi connectivity index (χ0) is 24.5. The van der Waals surface area contributed by atoms with Crippen molar-refractivity contribution in [3.05, 3.63) is 58.9 Å². The van der Waals surface area contributed by atoms with Gasteiger partial charge < -0.3 is 19.1 Å². The summed E-state index contributed by atoms with van der Waals surface area (Å²) in [5, 5.41) is 0.658. The summed E-state index contributed by atoms with van der Waals surface area (Å²) in [5.74, 6) is -0.685. The number of rotatable bonds is 5. The molecule has 1 amide bonds. The molecule has 3 aromatic rings. The fourth-order valence-corrected chi connectivity index (χ4v) is 4.24. The molecule has 0 aliphatic carbocycles. The molecule has 1 fully saturated rings. The molecule has 1 aliphatic heterocycles. The van der Waals surface area contributed by atoms with Crippen molar-refractivity contribution in [1.29, 1.82) is 0 Å². The number of carbonyl (C=O) groups excluding carboxylic acids is 2. The summed E-state index contributed by atoms with van der Waals surface area (Å²) in [6.07, 6.45) is -2.06. The lowest BCUT2D eigenvalue weighted by molar-refractivity contribution is -0.138. The smallest absolute Gasteiger partial charge is 0.417 e. The Kier molecular flexibility index (Phi) is 6.70. The highest BCUT2D eigenvalue weighted by Gasteiger charge is 2.32. The maximum Gasteiger partial charge on any atom is 0.417 e. The number of amides is 1. The minimum Gasteiger partial charge on any atom is -0.452 e. The number of nitrogens with zero attached hydrogens (tertiary/aromatic N) is 4. The van der Waals surface area contributed by atoms with Crippen LogP contribution in [0.2, 0.25) is 5.02 Å². The topological polar surface area (TPSA) is 67.7 Å². The standard InChI is InChI=1S/C23H22ClF3N4O3/c1-2-29-13-17(16-5-3-4-6-19(16)29)22(33)34-14-20(32)30-7-9-31(10-8-30)21-18(24)11-15(12-28-21)23(25,26)27/h3-6,11-13H,2,7-10,14H2,1H3. The van der Waals surface area contributed by atoms with E-state index in [0.717, 1.165) is 23.2 Å². The Labute approximate surface area is 198 Å². The minimum absolute atomic E-state index is 0.102. The largest absolute Gasteiger partial charge is 0.452 e. The second-order valence-electron chi connectivity index (χ2n) is 7.82. The van der Waals surface area contributed by atoms with Gasteiger partial charge in [-0.1, -0.05) is 29.8 Å². The predicted molar refractivity (Wildman–Crippen MR) is 121 cm³/mol. The first-order valence-corrected chi connectivity index (χ1v) is 11.1. The fraction of sp³-hybridized carbons (Fsp3) is 0.348. The van der Waals surface area contributed by atoms with Crippen LogP contribution in [0.4, 0.5) is 19.0 Å². The van der Waals surface area contributed by atoms with Gasteiger partial charge in [0.1, 0.15) is 5.82 Å². The number of ether oxygens (including phenoxy) is 1. The molecule has 1 aromatic carbocycles. The molecular formula is C23H22ClF3N4O3. The average Bonchev–Trinajstić information content (AvgIpc) is 3.21. The van der Waals surface area contributed by atoms with E-state index < -0.39 is 24.3 Å². The Morgan fingerprint density at radius 2 is 1.85 bits per heavy atom. The minimum atomic E-state index is -4.52. The van der Waals surface area contributed by atoms with E-state index in [-0.39, 0.29) is 16.7 Å². The number of fused-ring (bicyclic) bond motifs is 1. The number of para-hydroxylation sites is 1. The summed E-state index contributed by atoms with van der Waals surface area (Å²) in [6.45, 7) is 3.52. The van der Waals surface area contributed by atoms with Crippen LogP contribution in [0.1, 0.15) is 22.8 Å². The predicted octanol–water partition coefficient (Wildman–Crippen LogP) is 4.23. The average molecular weight is 495 g/mol. The van der Waals surface area contributed by atoms with Crippen LogP contribution in [0, 0.1) is 0 Å². The molecule has 180 valence electrons. The zero-order valence-corrected chi connectivity index (χ0v) is 19.1. The molecule has 0 N–H and O–H groups in total. The highest BCUT2D eigenvalue weighted by atomic mass is 35.5. The number of pyridine rings is 1. The molecule has 1 saturated heterocycles. The number of benzene rings is 1. The lowest BCUT2D eigenvalue weighted by Gasteiger charge is -2.35. The molecule has 11 heteroatoms. The van der Waals surface area contributed by atoms with Gasteiger partial charge in [-0.2, -0.15) is 13.2 Å². The van der Waals surface area contributed by atoms with Crippen LogP contribution in [0.15, 0.2) is 42.7 Å². The van der Waals surface area contributed by atoms with E-state index in [4.69, 9.17) is 16.3 Å². The van der Waals surface area contributed by atoms with Crippen LogP contribution in [0.3, 0.4) is 0 Å². The van der Waals surface area contributed by atoms with Crippen molar-refractivity contribution in [1.82, 2.24) is 14.5 Å². The number of piperazine rings is 1. The first-order chi connectivity index (χ1) is 16.2. The van der Waals surface area contributed by atoms with Crippen molar-refractivity contribution in [2.45, 2.75) is 19.6 Å². The van der Waals surface area contributed by atoms with Crippen molar-refractivity contribution in [2.75, 3.05) is 37.7 Å². The molecule has 0 unspecified atom stereocenters. The number of anilines is 1. The number of halogens is 4. The summed E-state index contributed by atoms with van der Waals surface area (Å²) in [7, 11) is 0. The summed E-state index contributed by atoms with van der Waals surface area (Å²) in [5.41, 5.74) is 0.395. The highest BCUT2D eigenvalue weighted by molar-refractivity contribution is 6.33. The molecule has 0 saturated carbocycles. The molecule has 7 nitrogen and oxygen atoms in total. The van der Waals surface area contributed by atoms with E-state index >= 15 is 0 Å². The molecule has 0 spiro atoms. The molecule has 0 radical (unpaired) electrons. The Balaban J connectivity index is 1.34. The molecule has 0 bridgehead atoms. The normalized spacial score (nSPS) is 14.5. The van der Waals surface area contributed by atoms with E-state index in [1.807, 2.05) is 35.8 Å². The van der Waals surface area contributed by atoms with E-state index in [2.05, 4.69) is 4.98 Å². The number of hydrogen-bond donors (Lipinski definition) is 0. The van der Waals surface area contributed by atoms with Gasteiger partial charge in [0, 0.05) is 56.0 Å². The van der Waals surface area contributed by atoms with Gasteiger partial charge in [-0.05, 0) is 19.1 Å². The van der Waals surface area contributed by atoms with Crippen LogP contribution in [0.25, 0.3) is 10.9 Å². The van der Waals surface area contributed by atoms with E-state index in [1.165, 1.54) is 4.90 Å². The summed E-state index contributed by atoms with van der Waals surface area (Å²) < 4.78 is 45.7. The van der Waals surface area contributed by atoms with Crippen molar-refractivity contribution in [3.63, 3.8) is 0 Å². The number of aromatic nitrogens is 2. The fourth-order valence-electron chi connectivity index (χ4n) is 3.95. The molecule has 2 aromatic heterocycles. The Bertz CT molecular complexity index is 1220. The number of carbonyl (C=O) groups is 2. The third kappa shape index (κ3) is 4.82. The Hall–Kier alpha value is -3.27. The first kappa shape index (κ1) is 23.9. The third-order valence-corrected chi connectivity index (χ3v) is 6.04. The molecule has 4 rings (SSSR count). The SMILES string of the molecule is CCn1cc(C(=O)OCC(=O)N2CCN(c3ncc(C(F)(F)F)cc3Cl)CC2)c2ccccc21. The van der Waals surface area contributed by atoms with Crippen molar-refractivity contribution in [3.8, 4) is 0 Å². The molecule has 0 atom stereocenters. The number of alkyl halides is 3. The summed E-state index contributed by atoms with van der Waals surface area (Å²) in [6, 6.07) is 8.32. The lowest BCUT2D eigenvalue weighted by atomic mass is 10.2. The van der Waals surface area contributed by atoms with Crippen LogP contribution in [0.5, 0.6) is 0 Å². The maximum atomic E-state index is 12.8. The van der Waals surface area contributed by atoms with Gasteiger partial charge in [-0.25, -0.2) is 9.78 Å². The van der Waals surface area contributed by atoms with Crippen molar-refractivity contribution < 1.29 is 27.5 Å². The van der Waals surface area contributed by atoms with Crippen LogP contribution in [-0.2, 0) is 22.3 Å². The molecule has 3 heterocycles. The lowest BCUT2D eigenvalue weighted by Crippen LogP contribution is -2.50. The van der Waals surface area contributed by atoms with Gasteiger partial charge in [-0.3, -0.25) is 4.79 Å². The quantitative estimate of drug-likeness (QED) is 0.496. The summed E-state index contributed by atoms with van der Waals surface area (Å²) in [4.78, 5) is 32.3. The van der Waals surface area contributed by atoms with Gasteiger partial charge in [0.2, 0.25) is 0 Å². The first-order valence-electron chi connectivity index (χ1n) is 10.7. The van der Waals surface area contributed by atoms with Crippen molar-refractivity contribution >= 4 is 40.2 Å². The second-order valence-corrected chi connectivity index (χ2v) is 8.22. The Morgan fingerprint density at radius 1 is 1.15 bits per heavy atom. The maximum absolute atomic E-state index is 12.8. The van der Waals surface area contributed by atoms with Gasteiger partial charge in [0.05, 0.1) is 16.1 Å². The second kappa shape index (κ2) is 9.54. The molecule has 1 aliphatic rings. The van der Waals surface area contributed by atoms with Crippen molar-refractivity contribution in [2.24, 2.45) is 0 Å². The summed E-state index contributed by atoms with van der Waals surface area (Å²) >= 11 is 6.02. The van der Waals surface area contributed by atoms with Gasteiger partial charge in [-0.15, -0.1) is 0 Å². The zero-order valence-electron chi connectivity index (χ0n) is 18.3. The Morgan fingerprint density at radius 3 is 2.50 bits per heavy atom. The van der Waals surface area contributed by atoms with Gasteiger partial charge in [0.15, 0.2) is 6.61 Å². The van der Waals surface area contributed by atoms with Gasteiger partial charge in [0.25, 0.3) is 5.91 Å². The van der Waals surface area contributed by atoms with E-state index in [9.17, 15) is 22.8 Å². The van der Waals surface area contributed by atoms with Gasteiger partial charge >= 0.3 is 12.1 Å². The van der Waals surface area contributed by atoms with E-state index in [0.29, 0.717) is 38.3 Å². The highest BCUT2D eigenvalue weighted by Crippen LogP contribution is 2.33. The third-order valence-electron chi connectivity index (χ3n) is 5.76.